The quantitative estimate of drug-likeness (QED) is 0.700. The molecule has 2 aromatic carbocycles. The van der Waals surface area contributed by atoms with Gasteiger partial charge >= 0.3 is 0 Å². The maximum absolute atomic E-state index is 13.3. The van der Waals surface area contributed by atoms with E-state index in [0.29, 0.717) is 24.5 Å². The molecule has 162 valence electrons. The fourth-order valence-electron chi connectivity index (χ4n) is 3.88. The largest absolute Gasteiger partial charge is 0.496 e. The molecule has 2 aliphatic rings. The number of fused-ring (bicyclic) bond motifs is 1. The fourth-order valence-corrected chi connectivity index (χ4v) is 5.07. The fraction of sp³-hybridized carbons (Fsp3) is 0.348. The predicted molar refractivity (Wildman–Crippen MR) is 119 cm³/mol. The summed E-state index contributed by atoms with van der Waals surface area (Å²) in [6.45, 7) is 1.52. The molecule has 2 aliphatic heterocycles. The minimum absolute atomic E-state index is 0.144. The van der Waals surface area contributed by atoms with E-state index in [1.807, 2.05) is 48.5 Å². The van der Waals surface area contributed by atoms with Crippen molar-refractivity contribution in [2.75, 3.05) is 31.6 Å². The number of hydrogen-bond donors (Lipinski definition) is 1. The molecule has 8 heteroatoms. The highest BCUT2D eigenvalue weighted by Gasteiger charge is 2.41. The lowest BCUT2D eigenvalue weighted by molar-refractivity contribution is -0.134. The number of anilines is 1. The van der Waals surface area contributed by atoms with Crippen LogP contribution in [-0.2, 0) is 20.9 Å². The highest BCUT2D eigenvalue weighted by atomic mass is 32.2. The molecule has 31 heavy (non-hydrogen) atoms. The van der Waals surface area contributed by atoms with Crippen LogP contribution in [0.4, 0.5) is 5.69 Å². The molecule has 2 heterocycles. The molecule has 4 rings (SSSR count). The van der Waals surface area contributed by atoms with Crippen molar-refractivity contribution in [3.8, 4) is 5.75 Å². The van der Waals surface area contributed by atoms with E-state index in [1.165, 1.54) is 16.7 Å². The molecule has 1 fully saturated rings. The monoisotopic (exact) mass is 439 g/mol. The second-order valence-corrected chi connectivity index (χ2v) is 8.66. The van der Waals surface area contributed by atoms with E-state index in [9.17, 15) is 14.4 Å². The van der Waals surface area contributed by atoms with Crippen LogP contribution in [0.1, 0.15) is 18.4 Å². The average Bonchev–Trinajstić information content (AvgIpc) is 3.34. The van der Waals surface area contributed by atoms with Gasteiger partial charge in [-0.15, -0.1) is 11.8 Å². The normalized spacial score (nSPS) is 18.0. The van der Waals surface area contributed by atoms with E-state index >= 15 is 0 Å². The molecule has 2 aromatic rings. The first-order valence-electron chi connectivity index (χ1n) is 10.3. The molecule has 3 amide bonds. The zero-order valence-electron chi connectivity index (χ0n) is 17.4. The summed E-state index contributed by atoms with van der Waals surface area (Å²) in [6, 6.07) is 14.8. The number of likely N-dealkylation sites (tertiary alicyclic amines) is 1. The van der Waals surface area contributed by atoms with Gasteiger partial charge in [0.2, 0.25) is 11.8 Å². The zero-order valence-corrected chi connectivity index (χ0v) is 18.2. The summed E-state index contributed by atoms with van der Waals surface area (Å²) in [5, 5.41) is 2.00. The Labute approximate surface area is 185 Å². The number of rotatable bonds is 6. The van der Waals surface area contributed by atoms with Crippen LogP contribution in [-0.4, -0.2) is 54.6 Å². The Morgan fingerprint density at radius 2 is 1.81 bits per heavy atom. The van der Waals surface area contributed by atoms with Gasteiger partial charge in [0.05, 0.1) is 12.8 Å². The third-order valence-corrected chi connectivity index (χ3v) is 6.74. The second kappa shape index (κ2) is 9.43. The van der Waals surface area contributed by atoms with E-state index in [4.69, 9.17) is 4.74 Å². The van der Waals surface area contributed by atoms with Crippen LogP contribution < -0.4 is 15.0 Å². The smallest absolute Gasteiger partial charge is 0.250 e. The summed E-state index contributed by atoms with van der Waals surface area (Å²) < 4.78 is 5.32. The maximum atomic E-state index is 13.3. The molecule has 0 aromatic heterocycles. The van der Waals surface area contributed by atoms with Gasteiger partial charge in [0.15, 0.2) is 5.25 Å². The minimum atomic E-state index is -0.852. The third-order valence-electron chi connectivity index (χ3n) is 5.50. The molecule has 0 aliphatic carbocycles. The van der Waals surface area contributed by atoms with E-state index in [-0.39, 0.29) is 30.8 Å². The number of hydrogen-bond acceptors (Lipinski definition) is 5. The van der Waals surface area contributed by atoms with Crippen LogP contribution >= 0.6 is 11.8 Å². The maximum Gasteiger partial charge on any atom is 0.250 e. The molecular formula is C23H25N3O4S. The lowest BCUT2D eigenvalue weighted by Crippen LogP contribution is -2.51. The average molecular weight is 440 g/mol. The van der Waals surface area contributed by atoms with Gasteiger partial charge in [0, 0.05) is 30.1 Å². The van der Waals surface area contributed by atoms with Crippen LogP contribution in [0.5, 0.6) is 5.75 Å². The number of carbonyl (C=O) groups excluding carboxylic acids is 3. The summed E-state index contributed by atoms with van der Waals surface area (Å²) in [5.41, 5.74) is 1.51. The standard InChI is InChI=1S/C23H25N3O4S/c1-30-18-10-4-2-8-16(18)14-24-20(27)15-26-17-9-3-5-11-19(17)31-21(23(26)29)22(28)25-12-6-7-13-25/h2-5,8-11,21H,6-7,12-15H2,1H3,(H,24,27)/t21-/m1/s1. The molecular weight excluding hydrogens is 414 g/mol. The SMILES string of the molecule is COc1ccccc1CNC(=O)CN1C(=O)[C@@H](C(=O)N2CCCC2)Sc2ccccc21. The van der Waals surface area contributed by atoms with E-state index in [0.717, 1.165) is 23.3 Å². The third kappa shape index (κ3) is 4.54. The van der Waals surface area contributed by atoms with Gasteiger partial charge < -0.3 is 19.9 Å². The highest BCUT2D eigenvalue weighted by Crippen LogP contribution is 2.39. The van der Waals surface area contributed by atoms with Crippen molar-refractivity contribution in [2.24, 2.45) is 0 Å². The van der Waals surface area contributed by atoms with Crippen molar-refractivity contribution in [1.29, 1.82) is 0 Å². The van der Waals surface area contributed by atoms with Gasteiger partial charge in [-0.05, 0) is 31.0 Å². The van der Waals surface area contributed by atoms with Crippen LogP contribution in [0, 0.1) is 0 Å². The van der Waals surface area contributed by atoms with Crippen LogP contribution in [0.15, 0.2) is 53.4 Å². The van der Waals surface area contributed by atoms with Crippen molar-refractivity contribution in [3.05, 3.63) is 54.1 Å². The number of methoxy groups -OCH3 is 1. The van der Waals surface area contributed by atoms with Crippen molar-refractivity contribution < 1.29 is 19.1 Å². The van der Waals surface area contributed by atoms with E-state index < -0.39 is 5.25 Å². The Hall–Kier alpha value is -3.00. The zero-order chi connectivity index (χ0) is 21.8. The Balaban J connectivity index is 1.49. The van der Waals surface area contributed by atoms with E-state index in [2.05, 4.69) is 5.32 Å². The van der Waals surface area contributed by atoms with Crippen molar-refractivity contribution in [2.45, 2.75) is 29.5 Å². The number of nitrogens with one attached hydrogen (secondary N) is 1. The van der Waals surface area contributed by atoms with Gasteiger partial charge in [0.25, 0.3) is 5.91 Å². The van der Waals surface area contributed by atoms with Gasteiger partial charge in [0.1, 0.15) is 12.3 Å². The Kier molecular flexibility index (Phi) is 6.46. The van der Waals surface area contributed by atoms with Gasteiger partial charge in [-0.2, -0.15) is 0 Å². The summed E-state index contributed by atoms with van der Waals surface area (Å²) in [6.07, 6.45) is 1.92. The molecule has 0 saturated carbocycles. The molecule has 0 spiro atoms. The number of amides is 3. The van der Waals surface area contributed by atoms with Crippen LogP contribution in [0.3, 0.4) is 0 Å². The lowest BCUT2D eigenvalue weighted by Gasteiger charge is -2.34. The first-order valence-corrected chi connectivity index (χ1v) is 11.2. The molecule has 1 atom stereocenters. The van der Waals surface area contributed by atoms with Crippen molar-refractivity contribution >= 4 is 35.2 Å². The molecule has 1 N–H and O–H groups in total. The molecule has 1 saturated heterocycles. The van der Waals surface area contributed by atoms with Crippen LogP contribution in [0.25, 0.3) is 0 Å². The van der Waals surface area contributed by atoms with Crippen molar-refractivity contribution in [1.82, 2.24) is 10.2 Å². The lowest BCUT2D eigenvalue weighted by atomic mass is 10.2. The Bertz CT molecular complexity index is 990. The molecule has 0 unspecified atom stereocenters. The molecule has 0 bridgehead atoms. The number of thioether (sulfide) groups is 1. The number of para-hydroxylation sites is 2. The van der Waals surface area contributed by atoms with Gasteiger partial charge in [-0.25, -0.2) is 0 Å². The summed E-state index contributed by atoms with van der Waals surface area (Å²) in [5.74, 6) is -0.113. The second-order valence-electron chi connectivity index (χ2n) is 7.51. The van der Waals surface area contributed by atoms with Crippen LogP contribution in [0.2, 0.25) is 0 Å². The minimum Gasteiger partial charge on any atom is -0.496 e. The number of nitrogens with zero attached hydrogens (tertiary/aromatic N) is 2. The highest BCUT2D eigenvalue weighted by molar-refractivity contribution is 8.01. The van der Waals surface area contributed by atoms with Gasteiger partial charge in [-0.3, -0.25) is 14.4 Å². The number of carbonyl (C=O) groups is 3. The number of benzene rings is 2. The first kappa shape index (κ1) is 21.2. The van der Waals surface area contributed by atoms with Gasteiger partial charge in [-0.1, -0.05) is 30.3 Å². The Morgan fingerprint density at radius 3 is 2.58 bits per heavy atom. The van der Waals surface area contributed by atoms with Crippen molar-refractivity contribution in [3.63, 3.8) is 0 Å². The summed E-state index contributed by atoms with van der Waals surface area (Å²) in [7, 11) is 1.58. The summed E-state index contributed by atoms with van der Waals surface area (Å²) in [4.78, 5) is 43.0. The first-order chi connectivity index (χ1) is 15.1. The Morgan fingerprint density at radius 1 is 1.10 bits per heavy atom. The number of ether oxygens (including phenoxy) is 1. The molecule has 7 nitrogen and oxygen atoms in total. The topological polar surface area (TPSA) is 79.0 Å². The van der Waals surface area contributed by atoms with E-state index in [1.54, 1.807) is 12.0 Å². The predicted octanol–water partition coefficient (Wildman–Crippen LogP) is 2.44. The summed E-state index contributed by atoms with van der Waals surface area (Å²) >= 11 is 1.28. The molecule has 0 radical (unpaired) electrons.